The monoisotopic (exact) mass is 419 g/mol. The first kappa shape index (κ1) is 21.9. The van der Waals surface area contributed by atoms with E-state index in [1.807, 2.05) is 62.4 Å². The van der Waals surface area contributed by atoms with E-state index in [0.29, 0.717) is 30.3 Å². The van der Waals surface area contributed by atoms with Crippen molar-refractivity contribution < 1.29 is 24.2 Å². The Hall–Kier alpha value is -3.80. The zero-order valence-corrected chi connectivity index (χ0v) is 17.6. The summed E-state index contributed by atoms with van der Waals surface area (Å²) in [5, 5.41) is 12.3. The van der Waals surface area contributed by atoms with Gasteiger partial charge in [-0.15, -0.1) is 0 Å². The van der Waals surface area contributed by atoms with Gasteiger partial charge in [-0.2, -0.15) is 0 Å². The van der Waals surface area contributed by atoms with Crippen molar-refractivity contribution in [2.75, 3.05) is 6.61 Å². The third-order valence-electron chi connectivity index (χ3n) is 4.46. The second-order valence-corrected chi connectivity index (χ2v) is 7.16. The fourth-order valence-corrected chi connectivity index (χ4v) is 2.72. The fourth-order valence-electron chi connectivity index (χ4n) is 2.72. The Morgan fingerprint density at radius 1 is 0.839 bits per heavy atom. The molecule has 160 valence electrons. The van der Waals surface area contributed by atoms with Gasteiger partial charge in [-0.25, -0.2) is 4.79 Å². The van der Waals surface area contributed by atoms with Crippen molar-refractivity contribution in [3.63, 3.8) is 0 Å². The third kappa shape index (κ3) is 7.19. The lowest BCUT2D eigenvalue weighted by Gasteiger charge is -2.14. The number of aryl methyl sites for hydroxylation is 2. The maximum absolute atomic E-state index is 10.5. The van der Waals surface area contributed by atoms with Crippen LogP contribution in [0.25, 0.3) is 0 Å². The minimum Gasteiger partial charge on any atom is -0.485 e. The molecule has 6 heteroatoms. The van der Waals surface area contributed by atoms with E-state index in [2.05, 4.69) is 5.16 Å². The number of carboxylic acid groups (broad SMARTS) is 1. The van der Waals surface area contributed by atoms with Crippen molar-refractivity contribution in [2.24, 2.45) is 5.16 Å². The number of carboxylic acids is 1. The highest BCUT2D eigenvalue weighted by Crippen LogP contribution is 2.30. The molecule has 0 saturated heterocycles. The zero-order valence-electron chi connectivity index (χ0n) is 17.6. The van der Waals surface area contributed by atoms with E-state index in [-0.39, 0.29) is 0 Å². The number of carbonyl (C=O) groups is 1. The maximum atomic E-state index is 10.5. The fraction of sp³-hybridized carbons (Fsp3) is 0.200. The van der Waals surface area contributed by atoms with E-state index in [4.69, 9.17) is 19.4 Å². The lowest BCUT2D eigenvalue weighted by molar-refractivity contribution is -0.142. The highest BCUT2D eigenvalue weighted by molar-refractivity contribution is 5.80. The number of oxime groups is 1. The second-order valence-electron chi connectivity index (χ2n) is 7.16. The van der Waals surface area contributed by atoms with Crippen molar-refractivity contribution in [3.8, 4) is 11.5 Å². The maximum Gasteiger partial charge on any atom is 0.344 e. The molecule has 0 aliphatic heterocycles. The Labute approximate surface area is 181 Å². The van der Waals surface area contributed by atoms with Crippen molar-refractivity contribution in [1.29, 1.82) is 0 Å². The van der Waals surface area contributed by atoms with E-state index in [0.717, 1.165) is 11.1 Å². The Balaban J connectivity index is 1.73. The predicted molar refractivity (Wildman–Crippen MR) is 119 cm³/mol. The number of nitrogens with zero attached hydrogens (tertiary/aromatic N) is 1. The molecule has 0 amide bonds. The zero-order chi connectivity index (χ0) is 22.1. The molecule has 0 saturated carbocycles. The lowest BCUT2D eigenvalue weighted by atomic mass is 10.1. The van der Waals surface area contributed by atoms with Crippen LogP contribution in [0.5, 0.6) is 11.5 Å². The normalized spacial score (nSPS) is 10.8. The molecule has 0 aromatic heterocycles. The van der Waals surface area contributed by atoms with Gasteiger partial charge in [-0.1, -0.05) is 64.8 Å². The summed E-state index contributed by atoms with van der Waals surface area (Å²) in [7, 11) is 0. The number of benzene rings is 3. The van der Waals surface area contributed by atoms with Gasteiger partial charge in [0.1, 0.15) is 13.2 Å². The smallest absolute Gasteiger partial charge is 0.344 e. The molecule has 3 aromatic rings. The molecule has 0 spiro atoms. The van der Waals surface area contributed by atoms with E-state index in [9.17, 15) is 4.79 Å². The van der Waals surface area contributed by atoms with Crippen LogP contribution in [0.2, 0.25) is 0 Å². The summed E-state index contributed by atoms with van der Waals surface area (Å²) < 4.78 is 12.0. The van der Waals surface area contributed by atoms with Gasteiger partial charge in [0.15, 0.2) is 11.5 Å². The third-order valence-corrected chi connectivity index (χ3v) is 4.46. The van der Waals surface area contributed by atoms with Gasteiger partial charge in [0.2, 0.25) is 6.61 Å². The van der Waals surface area contributed by atoms with Crippen LogP contribution in [0.3, 0.4) is 0 Å². The molecule has 0 bridgehead atoms. The standard InChI is InChI=1S/C25H25NO5/c1-18-3-7-20(8-4-18)15-29-23-12-11-22(14-26-31-17-25(27)28)13-24(23)30-16-21-9-5-19(2)6-10-21/h3-14H,15-17H2,1-2H3,(H,27,28)/b26-14+. The van der Waals surface area contributed by atoms with E-state index in [1.54, 1.807) is 18.2 Å². The first-order valence-corrected chi connectivity index (χ1v) is 9.87. The van der Waals surface area contributed by atoms with Crippen molar-refractivity contribution in [2.45, 2.75) is 27.1 Å². The molecule has 6 nitrogen and oxygen atoms in total. The van der Waals surface area contributed by atoms with E-state index >= 15 is 0 Å². The van der Waals surface area contributed by atoms with Gasteiger partial charge in [-0.05, 0) is 43.2 Å². The Morgan fingerprint density at radius 3 is 1.94 bits per heavy atom. The molecule has 0 radical (unpaired) electrons. The van der Waals surface area contributed by atoms with Crippen LogP contribution in [0.1, 0.15) is 27.8 Å². The van der Waals surface area contributed by atoms with Gasteiger partial charge in [0.25, 0.3) is 0 Å². The minimum atomic E-state index is -1.08. The average Bonchev–Trinajstić information content (AvgIpc) is 2.76. The van der Waals surface area contributed by atoms with Crippen LogP contribution in [0, 0.1) is 13.8 Å². The Morgan fingerprint density at radius 2 is 1.39 bits per heavy atom. The molecule has 3 aromatic carbocycles. The number of rotatable bonds is 10. The lowest BCUT2D eigenvalue weighted by Crippen LogP contribution is -2.03. The second kappa shape index (κ2) is 10.8. The van der Waals surface area contributed by atoms with Gasteiger partial charge < -0.3 is 19.4 Å². The molecule has 0 fully saturated rings. The van der Waals surface area contributed by atoms with Gasteiger partial charge in [-0.3, -0.25) is 0 Å². The van der Waals surface area contributed by atoms with Crippen molar-refractivity contribution in [3.05, 3.63) is 94.5 Å². The SMILES string of the molecule is Cc1ccc(COc2ccc(/C=N/OCC(=O)O)cc2OCc2ccc(C)cc2)cc1. The molecule has 3 rings (SSSR count). The van der Waals surface area contributed by atoms with Crippen LogP contribution in [0.15, 0.2) is 71.9 Å². The van der Waals surface area contributed by atoms with Gasteiger partial charge in [0.05, 0.1) is 6.21 Å². The number of hydrogen-bond acceptors (Lipinski definition) is 5. The molecule has 1 N–H and O–H groups in total. The van der Waals surface area contributed by atoms with Crippen LogP contribution in [-0.4, -0.2) is 23.9 Å². The number of ether oxygens (including phenoxy) is 2. The van der Waals surface area contributed by atoms with Crippen molar-refractivity contribution >= 4 is 12.2 Å². The summed E-state index contributed by atoms with van der Waals surface area (Å²) >= 11 is 0. The number of hydrogen-bond donors (Lipinski definition) is 1. The van der Waals surface area contributed by atoms with E-state index in [1.165, 1.54) is 17.3 Å². The number of aliphatic carboxylic acids is 1. The molecule has 31 heavy (non-hydrogen) atoms. The molecule has 0 unspecified atom stereocenters. The highest BCUT2D eigenvalue weighted by atomic mass is 16.6. The molecular formula is C25H25NO5. The van der Waals surface area contributed by atoms with E-state index < -0.39 is 12.6 Å². The summed E-state index contributed by atoms with van der Waals surface area (Å²) in [5.74, 6) is 0.0882. The van der Waals surface area contributed by atoms with Crippen molar-refractivity contribution in [1.82, 2.24) is 0 Å². The summed E-state index contributed by atoms with van der Waals surface area (Å²) in [5.41, 5.74) is 5.18. The minimum absolute atomic E-state index is 0.386. The Kier molecular flexibility index (Phi) is 7.65. The quantitative estimate of drug-likeness (QED) is 0.374. The first-order valence-electron chi connectivity index (χ1n) is 9.87. The molecule has 0 heterocycles. The summed E-state index contributed by atoms with van der Waals surface area (Å²) in [6.45, 7) is 4.39. The summed E-state index contributed by atoms with van der Waals surface area (Å²) in [6.07, 6.45) is 1.44. The van der Waals surface area contributed by atoms with Crippen LogP contribution >= 0.6 is 0 Å². The molecule has 0 aliphatic rings. The van der Waals surface area contributed by atoms with Gasteiger partial charge in [0, 0.05) is 5.56 Å². The van der Waals surface area contributed by atoms with Crippen LogP contribution in [0.4, 0.5) is 0 Å². The molecule has 0 aliphatic carbocycles. The summed E-state index contributed by atoms with van der Waals surface area (Å²) in [4.78, 5) is 15.2. The molecular weight excluding hydrogens is 394 g/mol. The largest absolute Gasteiger partial charge is 0.485 e. The molecule has 0 atom stereocenters. The topological polar surface area (TPSA) is 77.4 Å². The van der Waals surface area contributed by atoms with Gasteiger partial charge >= 0.3 is 5.97 Å². The Bertz CT molecular complexity index is 1030. The highest BCUT2D eigenvalue weighted by Gasteiger charge is 2.08. The predicted octanol–water partition coefficient (Wildman–Crippen LogP) is 4.90. The van der Waals surface area contributed by atoms with Crippen LogP contribution in [-0.2, 0) is 22.8 Å². The van der Waals surface area contributed by atoms with Crippen LogP contribution < -0.4 is 9.47 Å². The summed E-state index contributed by atoms with van der Waals surface area (Å²) in [6, 6.07) is 21.7. The average molecular weight is 419 g/mol. The first-order chi connectivity index (χ1) is 15.0.